The number of amides is 1. The van der Waals surface area contributed by atoms with Gasteiger partial charge in [0.05, 0.1) is 13.7 Å². The molecule has 0 fully saturated rings. The first-order chi connectivity index (χ1) is 17.0. The third-order valence-corrected chi connectivity index (χ3v) is 7.63. The van der Waals surface area contributed by atoms with Crippen molar-refractivity contribution in [2.75, 3.05) is 26.9 Å². The molecular formula is C30H49NO4Si. The number of methoxy groups -OCH3 is 1. The number of carbonyl (C=O) groups excluding carboxylic acids is 1. The third-order valence-electron chi connectivity index (χ3n) is 5.92. The number of ether oxygens (including phenoxy) is 2. The molecule has 1 atom stereocenters. The van der Waals surface area contributed by atoms with E-state index in [1.54, 1.807) is 7.11 Å². The second-order valence-electron chi connectivity index (χ2n) is 11.0. The van der Waals surface area contributed by atoms with Gasteiger partial charge in [0.15, 0.2) is 0 Å². The highest BCUT2D eigenvalue weighted by Gasteiger charge is 2.20. The maximum Gasteiger partial charge on any atom is 0.410 e. The van der Waals surface area contributed by atoms with Gasteiger partial charge in [-0.25, -0.2) is 4.79 Å². The number of aliphatic hydroxyl groups is 1. The molecule has 0 aromatic heterocycles. The second kappa shape index (κ2) is 17.2. The Morgan fingerprint density at radius 2 is 1.81 bits per heavy atom. The van der Waals surface area contributed by atoms with Crippen LogP contribution in [0.1, 0.15) is 52.0 Å². The molecule has 1 amide bonds. The molecule has 36 heavy (non-hydrogen) atoms. The fraction of sp³-hybridized carbons (Fsp3) is 0.567. The molecule has 0 bridgehead atoms. The SMILES string of the molecule is COc1ccc(CN(C[C@@H](C)CC/C=C/C=C(\C)C/C(C)=C/CCO)C(=O)OCC[Si](C)(C)C)cc1. The molecule has 1 aromatic rings. The molecule has 0 saturated heterocycles. The highest BCUT2D eigenvalue weighted by molar-refractivity contribution is 6.76. The number of allylic oxidation sites excluding steroid dienone is 5. The summed E-state index contributed by atoms with van der Waals surface area (Å²) in [6, 6.07) is 8.84. The van der Waals surface area contributed by atoms with Crippen LogP contribution in [-0.2, 0) is 11.3 Å². The van der Waals surface area contributed by atoms with E-state index in [0.717, 1.165) is 36.6 Å². The highest BCUT2D eigenvalue weighted by atomic mass is 28.3. The Kier molecular flexibility index (Phi) is 15.2. The lowest BCUT2D eigenvalue weighted by Gasteiger charge is -2.26. The minimum Gasteiger partial charge on any atom is -0.497 e. The second-order valence-corrected chi connectivity index (χ2v) is 16.6. The van der Waals surface area contributed by atoms with Crippen LogP contribution < -0.4 is 4.74 Å². The van der Waals surface area contributed by atoms with Gasteiger partial charge in [0.1, 0.15) is 5.75 Å². The molecule has 1 aromatic carbocycles. The standard InChI is InChI=1S/C30H49NO4Si/c1-25(22-26(2)14-11-19-32)12-9-8-10-13-27(3)23-31(30(33)35-20-21-36(5,6)7)24-28-15-17-29(34-4)18-16-28/h8-9,12,14-18,27,32H,10-11,13,19-24H2,1-7H3/b9-8+,25-12+,26-14+/t27-/m0/s1. The van der Waals surface area contributed by atoms with Crippen LogP contribution >= 0.6 is 0 Å². The zero-order valence-electron chi connectivity index (χ0n) is 23.7. The Morgan fingerprint density at radius 3 is 2.42 bits per heavy atom. The van der Waals surface area contributed by atoms with Crippen molar-refractivity contribution in [1.29, 1.82) is 0 Å². The summed E-state index contributed by atoms with van der Waals surface area (Å²) < 4.78 is 10.9. The van der Waals surface area contributed by atoms with Crippen molar-refractivity contribution < 1.29 is 19.4 Å². The number of aliphatic hydroxyl groups excluding tert-OH is 1. The minimum absolute atomic E-state index is 0.200. The first kappa shape index (κ1) is 31.7. The lowest BCUT2D eigenvalue weighted by atomic mass is 10.0. The fourth-order valence-electron chi connectivity index (χ4n) is 3.75. The van der Waals surface area contributed by atoms with Crippen LogP contribution in [-0.4, -0.2) is 51.0 Å². The first-order valence-electron chi connectivity index (χ1n) is 13.2. The zero-order valence-corrected chi connectivity index (χ0v) is 24.7. The smallest absolute Gasteiger partial charge is 0.410 e. The van der Waals surface area contributed by atoms with Crippen LogP contribution in [0.2, 0.25) is 25.7 Å². The molecule has 0 unspecified atom stereocenters. The van der Waals surface area contributed by atoms with Gasteiger partial charge in [0, 0.05) is 27.8 Å². The number of benzene rings is 1. The molecule has 0 spiro atoms. The Labute approximate surface area is 220 Å². The molecule has 202 valence electrons. The number of rotatable bonds is 16. The van der Waals surface area contributed by atoms with Crippen LogP contribution in [0.3, 0.4) is 0 Å². The lowest BCUT2D eigenvalue weighted by Crippen LogP contribution is -2.35. The summed E-state index contributed by atoms with van der Waals surface area (Å²) in [4.78, 5) is 14.8. The Hall–Kier alpha value is -2.31. The summed E-state index contributed by atoms with van der Waals surface area (Å²) in [5.41, 5.74) is 3.65. The largest absolute Gasteiger partial charge is 0.497 e. The lowest BCUT2D eigenvalue weighted by molar-refractivity contribution is 0.0979. The van der Waals surface area contributed by atoms with E-state index in [4.69, 9.17) is 14.6 Å². The third kappa shape index (κ3) is 14.9. The molecule has 5 nitrogen and oxygen atoms in total. The molecule has 1 rings (SSSR count). The van der Waals surface area contributed by atoms with E-state index in [1.165, 1.54) is 11.1 Å². The maximum absolute atomic E-state index is 13.0. The Balaban J connectivity index is 2.66. The monoisotopic (exact) mass is 515 g/mol. The molecule has 0 aliphatic rings. The minimum atomic E-state index is -1.26. The van der Waals surface area contributed by atoms with Crippen LogP contribution in [0.25, 0.3) is 0 Å². The van der Waals surface area contributed by atoms with Gasteiger partial charge < -0.3 is 19.5 Å². The molecule has 0 heterocycles. The molecule has 6 heteroatoms. The van der Waals surface area contributed by atoms with Crippen molar-refractivity contribution in [2.45, 2.75) is 78.7 Å². The molecule has 0 aliphatic carbocycles. The van der Waals surface area contributed by atoms with Crippen LogP contribution in [0.5, 0.6) is 5.75 Å². The summed E-state index contributed by atoms with van der Waals surface area (Å²) in [5, 5.41) is 8.94. The molecule has 0 saturated carbocycles. The Bertz CT molecular complexity index is 853. The predicted octanol–water partition coefficient (Wildman–Crippen LogP) is 7.61. The number of carbonyl (C=O) groups is 1. The van der Waals surface area contributed by atoms with E-state index < -0.39 is 8.07 Å². The predicted molar refractivity (Wildman–Crippen MR) is 154 cm³/mol. The molecular weight excluding hydrogens is 466 g/mol. The Morgan fingerprint density at radius 1 is 1.11 bits per heavy atom. The summed E-state index contributed by atoms with van der Waals surface area (Å²) >= 11 is 0. The van der Waals surface area contributed by atoms with Crippen molar-refractivity contribution in [1.82, 2.24) is 4.90 Å². The average molecular weight is 516 g/mol. The normalized spacial score (nSPS) is 13.7. The summed E-state index contributed by atoms with van der Waals surface area (Å²) in [6.45, 7) is 15.2. The van der Waals surface area contributed by atoms with Crippen LogP contribution in [0.15, 0.2) is 59.7 Å². The number of hydrogen-bond acceptors (Lipinski definition) is 4. The number of nitrogens with zero attached hydrogens (tertiary/aromatic N) is 1. The molecule has 0 aliphatic heterocycles. The van der Waals surface area contributed by atoms with Gasteiger partial charge in [0.25, 0.3) is 0 Å². The highest BCUT2D eigenvalue weighted by Crippen LogP contribution is 2.17. The van der Waals surface area contributed by atoms with E-state index in [0.29, 0.717) is 32.0 Å². The van der Waals surface area contributed by atoms with E-state index in [2.05, 4.69) is 64.7 Å². The molecule has 0 radical (unpaired) electrons. The van der Waals surface area contributed by atoms with Crippen molar-refractivity contribution in [3.63, 3.8) is 0 Å². The van der Waals surface area contributed by atoms with E-state index >= 15 is 0 Å². The van der Waals surface area contributed by atoms with Crippen molar-refractivity contribution in [2.24, 2.45) is 5.92 Å². The topological polar surface area (TPSA) is 59.0 Å². The van der Waals surface area contributed by atoms with Crippen LogP contribution in [0, 0.1) is 5.92 Å². The van der Waals surface area contributed by atoms with Gasteiger partial charge in [-0.2, -0.15) is 0 Å². The van der Waals surface area contributed by atoms with Gasteiger partial charge in [-0.15, -0.1) is 0 Å². The first-order valence-corrected chi connectivity index (χ1v) is 16.9. The van der Waals surface area contributed by atoms with E-state index in [-0.39, 0.29) is 12.7 Å². The van der Waals surface area contributed by atoms with Gasteiger partial charge >= 0.3 is 6.09 Å². The maximum atomic E-state index is 13.0. The van der Waals surface area contributed by atoms with E-state index in [1.807, 2.05) is 29.2 Å². The zero-order chi connectivity index (χ0) is 27.0. The number of hydrogen-bond donors (Lipinski definition) is 1. The van der Waals surface area contributed by atoms with Gasteiger partial charge in [-0.1, -0.05) is 74.1 Å². The quantitative estimate of drug-likeness (QED) is 0.140. The van der Waals surface area contributed by atoms with Gasteiger partial charge in [-0.05, 0) is 69.2 Å². The van der Waals surface area contributed by atoms with Crippen LogP contribution in [0.4, 0.5) is 4.79 Å². The fourth-order valence-corrected chi connectivity index (χ4v) is 4.46. The average Bonchev–Trinajstić information content (AvgIpc) is 2.81. The molecule has 1 N–H and O–H groups in total. The van der Waals surface area contributed by atoms with Gasteiger partial charge in [0.2, 0.25) is 0 Å². The summed E-state index contributed by atoms with van der Waals surface area (Å²) in [7, 11) is 0.395. The van der Waals surface area contributed by atoms with Crippen molar-refractivity contribution in [3.05, 3.63) is 65.3 Å². The van der Waals surface area contributed by atoms with Crippen molar-refractivity contribution in [3.8, 4) is 5.75 Å². The van der Waals surface area contributed by atoms with Gasteiger partial charge in [-0.3, -0.25) is 0 Å². The van der Waals surface area contributed by atoms with Crippen molar-refractivity contribution >= 4 is 14.2 Å². The summed E-state index contributed by atoms with van der Waals surface area (Å²) in [5.74, 6) is 1.16. The summed E-state index contributed by atoms with van der Waals surface area (Å²) in [6.07, 6.45) is 12.0. The van der Waals surface area contributed by atoms with E-state index in [9.17, 15) is 4.79 Å².